The number of hydrogen-bond acceptors (Lipinski definition) is 3. The lowest BCUT2D eigenvalue weighted by atomic mass is 10.1. The third kappa shape index (κ3) is 5.96. The summed E-state index contributed by atoms with van der Waals surface area (Å²) in [4.78, 5) is 14.3. The molecule has 0 aliphatic carbocycles. The molecule has 3 rings (SSSR count). The monoisotopic (exact) mass is 371 g/mol. The summed E-state index contributed by atoms with van der Waals surface area (Å²) >= 11 is 0. The van der Waals surface area contributed by atoms with Crippen LogP contribution in [-0.2, 0) is 13.1 Å². The number of urea groups is 1. The summed E-state index contributed by atoms with van der Waals surface area (Å²) in [5.74, 6) is 0.789. The molecule has 1 heterocycles. The predicted molar refractivity (Wildman–Crippen MR) is 105 cm³/mol. The number of benzene rings is 2. The van der Waals surface area contributed by atoms with Crippen molar-refractivity contribution < 1.29 is 13.9 Å². The summed E-state index contributed by atoms with van der Waals surface area (Å²) in [6.07, 6.45) is 0.589. The van der Waals surface area contributed by atoms with Gasteiger partial charge in [0.2, 0.25) is 0 Å². The Hall–Kier alpha value is -2.60. The Morgan fingerprint density at radius 2 is 1.70 bits per heavy atom. The van der Waals surface area contributed by atoms with E-state index in [1.807, 2.05) is 48.5 Å². The van der Waals surface area contributed by atoms with Crippen LogP contribution in [0.4, 0.5) is 14.9 Å². The van der Waals surface area contributed by atoms with E-state index in [-0.39, 0.29) is 6.03 Å². The highest BCUT2D eigenvalue weighted by molar-refractivity contribution is 5.89. The third-order valence-corrected chi connectivity index (χ3v) is 4.75. The molecule has 0 saturated carbocycles. The van der Waals surface area contributed by atoms with Crippen molar-refractivity contribution in [1.82, 2.24) is 10.2 Å². The quantitative estimate of drug-likeness (QED) is 0.808. The zero-order chi connectivity index (χ0) is 19.1. The lowest BCUT2D eigenvalue weighted by molar-refractivity contribution is 0.145. The minimum atomic E-state index is -0.649. The fourth-order valence-corrected chi connectivity index (χ4v) is 3.11. The van der Waals surface area contributed by atoms with Crippen molar-refractivity contribution >= 4 is 11.7 Å². The molecule has 2 aromatic rings. The van der Waals surface area contributed by atoms with Gasteiger partial charge in [-0.1, -0.05) is 24.3 Å². The number of piperidine rings is 1. The summed E-state index contributed by atoms with van der Waals surface area (Å²) in [6, 6.07) is 15.1. The van der Waals surface area contributed by atoms with Crippen LogP contribution in [0.2, 0.25) is 0 Å². The molecule has 27 heavy (non-hydrogen) atoms. The average molecular weight is 371 g/mol. The van der Waals surface area contributed by atoms with Gasteiger partial charge < -0.3 is 15.4 Å². The van der Waals surface area contributed by atoms with Gasteiger partial charge in [-0.2, -0.15) is 0 Å². The van der Waals surface area contributed by atoms with Crippen molar-refractivity contribution in [2.45, 2.75) is 32.1 Å². The predicted octanol–water partition coefficient (Wildman–Crippen LogP) is 3.95. The second-order valence-corrected chi connectivity index (χ2v) is 6.80. The van der Waals surface area contributed by atoms with Gasteiger partial charge in [0.05, 0.1) is 7.11 Å². The maximum absolute atomic E-state index is 13.2. The number of methoxy groups -OCH3 is 1. The fourth-order valence-electron chi connectivity index (χ4n) is 3.11. The van der Waals surface area contributed by atoms with E-state index in [0.717, 1.165) is 42.2 Å². The molecule has 5 nitrogen and oxygen atoms in total. The Labute approximate surface area is 159 Å². The lowest BCUT2D eigenvalue weighted by Gasteiger charge is -2.28. The van der Waals surface area contributed by atoms with E-state index in [9.17, 15) is 9.18 Å². The van der Waals surface area contributed by atoms with Gasteiger partial charge in [0.25, 0.3) is 0 Å². The number of carbonyl (C=O) groups is 1. The normalized spacial score (nSPS) is 15.3. The molecule has 0 bridgehead atoms. The van der Waals surface area contributed by atoms with E-state index in [4.69, 9.17) is 4.74 Å². The van der Waals surface area contributed by atoms with Gasteiger partial charge in [-0.3, -0.25) is 4.90 Å². The van der Waals surface area contributed by atoms with Crippen molar-refractivity contribution in [3.8, 4) is 5.75 Å². The van der Waals surface area contributed by atoms with E-state index in [2.05, 4.69) is 15.5 Å². The maximum atomic E-state index is 13.2. The number of halogens is 1. The molecule has 1 aliphatic rings. The molecular formula is C21H26FN3O2. The maximum Gasteiger partial charge on any atom is 0.319 e. The molecule has 0 spiro atoms. The molecule has 144 valence electrons. The number of ether oxygens (including phenoxy) is 1. The Morgan fingerprint density at radius 1 is 1.07 bits per heavy atom. The van der Waals surface area contributed by atoms with Gasteiger partial charge in [0.1, 0.15) is 11.9 Å². The SMILES string of the molecule is COc1ccc(CNC(=O)Nc2ccc(CN3CCC(F)CC3)cc2)cc1. The van der Waals surface area contributed by atoms with E-state index >= 15 is 0 Å². The highest BCUT2D eigenvalue weighted by Gasteiger charge is 2.18. The van der Waals surface area contributed by atoms with Gasteiger partial charge in [-0.05, 0) is 48.2 Å². The smallest absolute Gasteiger partial charge is 0.319 e. The molecule has 2 N–H and O–H groups in total. The second kappa shape index (κ2) is 9.37. The van der Waals surface area contributed by atoms with Gasteiger partial charge >= 0.3 is 6.03 Å². The molecule has 1 aliphatic heterocycles. The molecule has 1 saturated heterocycles. The zero-order valence-corrected chi connectivity index (χ0v) is 15.6. The first-order valence-electron chi connectivity index (χ1n) is 9.25. The van der Waals surface area contributed by atoms with Crippen molar-refractivity contribution in [3.05, 3.63) is 59.7 Å². The highest BCUT2D eigenvalue weighted by Crippen LogP contribution is 2.17. The van der Waals surface area contributed by atoms with Crippen LogP contribution in [0.1, 0.15) is 24.0 Å². The molecule has 6 heteroatoms. The Morgan fingerprint density at radius 3 is 2.33 bits per heavy atom. The number of amides is 2. The summed E-state index contributed by atoms with van der Waals surface area (Å²) in [6.45, 7) is 2.86. The first kappa shape index (κ1) is 19.2. The standard InChI is InChI=1S/C21H26FN3O2/c1-27-20-8-4-16(5-9-20)14-23-21(26)24-19-6-2-17(3-7-19)15-25-12-10-18(22)11-13-25/h2-9,18H,10-15H2,1H3,(H2,23,24,26). The van der Waals surface area contributed by atoms with Crippen LogP contribution in [0.15, 0.2) is 48.5 Å². The zero-order valence-electron chi connectivity index (χ0n) is 15.6. The van der Waals surface area contributed by atoms with Gasteiger partial charge in [-0.15, -0.1) is 0 Å². The minimum absolute atomic E-state index is 0.247. The molecule has 0 unspecified atom stereocenters. The highest BCUT2D eigenvalue weighted by atomic mass is 19.1. The van der Waals surface area contributed by atoms with E-state index in [1.165, 1.54) is 0 Å². The van der Waals surface area contributed by atoms with Crippen molar-refractivity contribution in [2.75, 3.05) is 25.5 Å². The molecule has 2 amide bonds. The number of anilines is 1. The lowest BCUT2D eigenvalue weighted by Crippen LogP contribution is -2.33. The largest absolute Gasteiger partial charge is 0.497 e. The number of nitrogens with one attached hydrogen (secondary N) is 2. The second-order valence-electron chi connectivity index (χ2n) is 6.80. The first-order chi connectivity index (χ1) is 13.1. The topological polar surface area (TPSA) is 53.6 Å². The van der Waals surface area contributed by atoms with Gasteiger partial charge in [0.15, 0.2) is 0 Å². The Bertz CT molecular complexity index is 726. The Balaban J connectivity index is 1.43. The van der Waals surface area contributed by atoms with Crippen LogP contribution in [0, 0.1) is 0 Å². The van der Waals surface area contributed by atoms with Crippen LogP contribution >= 0.6 is 0 Å². The van der Waals surface area contributed by atoms with Crippen LogP contribution in [0.5, 0.6) is 5.75 Å². The van der Waals surface area contributed by atoms with Crippen molar-refractivity contribution in [1.29, 1.82) is 0 Å². The third-order valence-electron chi connectivity index (χ3n) is 4.75. The number of rotatable bonds is 6. The molecule has 1 fully saturated rings. The summed E-state index contributed by atoms with van der Waals surface area (Å²) < 4.78 is 18.3. The first-order valence-corrected chi connectivity index (χ1v) is 9.25. The van der Waals surface area contributed by atoms with Crippen LogP contribution < -0.4 is 15.4 Å². The van der Waals surface area contributed by atoms with Crippen molar-refractivity contribution in [2.24, 2.45) is 0 Å². The van der Waals surface area contributed by atoms with Gasteiger partial charge in [-0.25, -0.2) is 9.18 Å². The minimum Gasteiger partial charge on any atom is -0.497 e. The van der Waals surface area contributed by atoms with E-state index in [0.29, 0.717) is 19.4 Å². The number of carbonyl (C=O) groups excluding carboxylic acids is 1. The summed E-state index contributed by atoms with van der Waals surface area (Å²) in [7, 11) is 1.62. The summed E-state index contributed by atoms with van der Waals surface area (Å²) in [5.41, 5.74) is 2.91. The van der Waals surface area contributed by atoms with Crippen LogP contribution in [0.25, 0.3) is 0 Å². The average Bonchev–Trinajstić information content (AvgIpc) is 2.70. The van der Waals surface area contributed by atoms with Crippen LogP contribution in [0.3, 0.4) is 0 Å². The number of likely N-dealkylation sites (tertiary alicyclic amines) is 1. The van der Waals surface area contributed by atoms with Crippen molar-refractivity contribution in [3.63, 3.8) is 0 Å². The molecule has 0 aromatic heterocycles. The van der Waals surface area contributed by atoms with Crippen LogP contribution in [-0.4, -0.2) is 37.3 Å². The number of nitrogens with zero attached hydrogens (tertiary/aromatic N) is 1. The number of alkyl halides is 1. The molecule has 0 atom stereocenters. The fraction of sp³-hybridized carbons (Fsp3) is 0.381. The Kier molecular flexibility index (Phi) is 6.65. The van der Waals surface area contributed by atoms with E-state index in [1.54, 1.807) is 7.11 Å². The van der Waals surface area contributed by atoms with Gasteiger partial charge in [0, 0.05) is 31.9 Å². The summed E-state index contributed by atoms with van der Waals surface area (Å²) in [5, 5.41) is 5.67. The molecule has 0 radical (unpaired) electrons. The molecule has 2 aromatic carbocycles. The van der Waals surface area contributed by atoms with E-state index < -0.39 is 6.17 Å². The molecular weight excluding hydrogens is 345 g/mol. The number of hydrogen-bond donors (Lipinski definition) is 2.